The molecule has 0 aromatic heterocycles. The second-order valence-corrected chi connectivity index (χ2v) is 11.0. The normalized spacial score (nSPS) is 18.1. The van der Waals surface area contributed by atoms with Gasteiger partial charge in [-0.05, 0) is 55.7 Å². The summed E-state index contributed by atoms with van der Waals surface area (Å²) in [5, 5.41) is 0.636. The summed E-state index contributed by atoms with van der Waals surface area (Å²) < 4.78 is 27.8. The van der Waals surface area contributed by atoms with Gasteiger partial charge in [0.05, 0.1) is 10.9 Å². The van der Waals surface area contributed by atoms with Gasteiger partial charge in [-0.15, -0.1) is 0 Å². The Morgan fingerprint density at radius 3 is 2.24 bits per heavy atom. The van der Waals surface area contributed by atoms with Crippen LogP contribution in [0.5, 0.6) is 0 Å². The van der Waals surface area contributed by atoms with Crippen LogP contribution in [-0.4, -0.2) is 66.6 Å². The molecule has 1 aliphatic carbocycles. The summed E-state index contributed by atoms with van der Waals surface area (Å²) in [5.41, 5.74) is 1.33. The number of rotatable bonds is 6. The Hall–Kier alpha value is -2.42. The lowest BCUT2D eigenvalue weighted by Crippen LogP contribution is -2.49. The number of amides is 2. The van der Waals surface area contributed by atoms with Crippen molar-refractivity contribution in [2.45, 2.75) is 43.7 Å². The Balaban J connectivity index is 1.56. The first kappa shape index (κ1) is 23.7. The molecule has 1 aliphatic heterocycles. The Labute approximate surface area is 200 Å². The first-order valence-electron chi connectivity index (χ1n) is 11.1. The molecule has 2 aromatic carbocycles. The Bertz CT molecular complexity index is 1140. The summed E-state index contributed by atoms with van der Waals surface area (Å²) in [6.45, 7) is 4.66. The van der Waals surface area contributed by atoms with Crippen molar-refractivity contribution in [2.24, 2.45) is 0 Å². The van der Waals surface area contributed by atoms with Crippen LogP contribution in [0.4, 0.5) is 0 Å². The molecule has 0 N–H and O–H groups in total. The van der Waals surface area contributed by atoms with Gasteiger partial charge >= 0.3 is 0 Å². The highest BCUT2D eigenvalue weighted by molar-refractivity contribution is 7.89. The molecular weight excluding hydrogens is 462 g/mol. The van der Waals surface area contributed by atoms with Crippen molar-refractivity contribution < 1.29 is 18.0 Å². The SMILES string of the molecule is CC(=O)N1CCN(S(=O)(=O)c2cccc(C(=O)N(C3CC3)C(C)c3ccc(Cl)cc3)c2)CC1. The van der Waals surface area contributed by atoms with Crippen molar-refractivity contribution >= 4 is 33.4 Å². The van der Waals surface area contributed by atoms with Crippen LogP contribution in [0.2, 0.25) is 5.02 Å². The maximum absolute atomic E-state index is 13.5. The first-order chi connectivity index (χ1) is 15.7. The van der Waals surface area contributed by atoms with Gasteiger partial charge in [-0.25, -0.2) is 8.42 Å². The van der Waals surface area contributed by atoms with Gasteiger partial charge in [0.15, 0.2) is 0 Å². The zero-order valence-corrected chi connectivity index (χ0v) is 20.3. The van der Waals surface area contributed by atoms with Crippen LogP contribution in [0.15, 0.2) is 53.4 Å². The summed E-state index contributed by atoms with van der Waals surface area (Å²) in [5.74, 6) is -0.243. The van der Waals surface area contributed by atoms with Crippen molar-refractivity contribution in [3.05, 3.63) is 64.7 Å². The molecule has 1 heterocycles. The summed E-state index contributed by atoms with van der Waals surface area (Å²) >= 11 is 6.02. The maximum Gasteiger partial charge on any atom is 0.254 e. The van der Waals surface area contributed by atoms with E-state index in [0.717, 1.165) is 18.4 Å². The van der Waals surface area contributed by atoms with Gasteiger partial charge in [0, 0.05) is 49.7 Å². The van der Waals surface area contributed by atoms with Crippen LogP contribution in [0.1, 0.15) is 48.7 Å². The van der Waals surface area contributed by atoms with Crippen LogP contribution >= 0.6 is 11.6 Å². The second kappa shape index (κ2) is 9.44. The number of carbonyl (C=O) groups excluding carboxylic acids is 2. The number of hydrogen-bond donors (Lipinski definition) is 0. The molecule has 1 saturated heterocycles. The number of halogens is 1. The molecule has 9 heteroatoms. The minimum atomic E-state index is -3.76. The predicted octanol–water partition coefficient (Wildman–Crippen LogP) is 3.56. The Kier molecular flexibility index (Phi) is 6.79. The second-order valence-electron chi connectivity index (χ2n) is 8.61. The highest BCUT2D eigenvalue weighted by Gasteiger charge is 2.37. The zero-order valence-electron chi connectivity index (χ0n) is 18.8. The minimum Gasteiger partial charge on any atom is -0.340 e. The number of carbonyl (C=O) groups is 2. The molecule has 2 amide bonds. The average molecular weight is 490 g/mol. The van der Waals surface area contributed by atoms with E-state index in [-0.39, 0.29) is 41.9 Å². The third-order valence-corrected chi connectivity index (χ3v) is 8.49. The first-order valence-corrected chi connectivity index (χ1v) is 12.9. The molecule has 4 rings (SSSR count). The third-order valence-electron chi connectivity index (χ3n) is 6.35. The average Bonchev–Trinajstić information content (AvgIpc) is 3.65. The topological polar surface area (TPSA) is 78.0 Å². The van der Waals surface area contributed by atoms with Crippen molar-refractivity contribution in [3.8, 4) is 0 Å². The minimum absolute atomic E-state index is 0.0605. The lowest BCUT2D eigenvalue weighted by Gasteiger charge is -2.33. The molecule has 33 heavy (non-hydrogen) atoms. The fraction of sp³-hybridized carbons (Fsp3) is 0.417. The Morgan fingerprint density at radius 2 is 1.67 bits per heavy atom. The molecule has 7 nitrogen and oxygen atoms in total. The molecule has 0 bridgehead atoms. The van der Waals surface area contributed by atoms with Gasteiger partial charge < -0.3 is 9.80 Å². The van der Waals surface area contributed by atoms with Gasteiger partial charge in [-0.1, -0.05) is 29.8 Å². The van der Waals surface area contributed by atoms with Crippen LogP contribution in [0.3, 0.4) is 0 Å². The van der Waals surface area contributed by atoms with Gasteiger partial charge in [-0.3, -0.25) is 9.59 Å². The zero-order chi connectivity index (χ0) is 23.8. The maximum atomic E-state index is 13.5. The standard InChI is InChI=1S/C24H28ClN3O4S/c1-17(19-6-8-21(25)9-7-19)28(22-10-11-22)24(30)20-4-3-5-23(16-20)33(31,32)27-14-12-26(13-15-27)18(2)29/h3-9,16-17,22H,10-15H2,1-2H3. The number of benzene rings is 2. The fourth-order valence-electron chi connectivity index (χ4n) is 4.24. The highest BCUT2D eigenvalue weighted by atomic mass is 35.5. The van der Waals surface area contributed by atoms with E-state index in [0.29, 0.717) is 23.7 Å². The van der Waals surface area contributed by atoms with E-state index >= 15 is 0 Å². The number of sulfonamides is 1. The van der Waals surface area contributed by atoms with E-state index in [1.165, 1.54) is 23.4 Å². The van der Waals surface area contributed by atoms with Crippen molar-refractivity contribution in [1.29, 1.82) is 0 Å². The summed E-state index contributed by atoms with van der Waals surface area (Å²) in [6, 6.07) is 13.7. The predicted molar refractivity (Wildman–Crippen MR) is 127 cm³/mol. The largest absolute Gasteiger partial charge is 0.340 e. The molecule has 2 aromatic rings. The molecule has 1 unspecified atom stereocenters. The smallest absolute Gasteiger partial charge is 0.254 e. The van der Waals surface area contributed by atoms with E-state index < -0.39 is 10.0 Å². The van der Waals surface area contributed by atoms with E-state index in [1.54, 1.807) is 17.0 Å². The van der Waals surface area contributed by atoms with Gasteiger partial charge in [0.25, 0.3) is 5.91 Å². The lowest BCUT2D eigenvalue weighted by molar-refractivity contribution is -0.129. The third kappa shape index (κ3) is 5.08. The van der Waals surface area contributed by atoms with Gasteiger partial charge in [0.2, 0.25) is 15.9 Å². The molecule has 2 aliphatic rings. The fourth-order valence-corrected chi connectivity index (χ4v) is 5.84. The summed E-state index contributed by atoms with van der Waals surface area (Å²) in [4.78, 5) is 28.7. The molecule has 0 radical (unpaired) electrons. The monoisotopic (exact) mass is 489 g/mol. The van der Waals surface area contributed by atoms with Gasteiger partial charge in [0.1, 0.15) is 0 Å². The number of hydrogen-bond acceptors (Lipinski definition) is 4. The quantitative estimate of drug-likeness (QED) is 0.621. The van der Waals surface area contributed by atoms with E-state index in [9.17, 15) is 18.0 Å². The molecule has 1 saturated carbocycles. The van der Waals surface area contributed by atoms with Crippen LogP contribution in [-0.2, 0) is 14.8 Å². The summed E-state index contributed by atoms with van der Waals surface area (Å²) in [6.07, 6.45) is 1.87. The van der Waals surface area contributed by atoms with E-state index in [4.69, 9.17) is 11.6 Å². The molecule has 0 spiro atoms. The molecule has 1 atom stereocenters. The summed E-state index contributed by atoms with van der Waals surface area (Å²) in [7, 11) is -3.76. The van der Waals surface area contributed by atoms with Crippen molar-refractivity contribution in [3.63, 3.8) is 0 Å². The van der Waals surface area contributed by atoms with Crippen LogP contribution in [0, 0.1) is 0 Å². The highest BCUT2D eigenvalue weighted by Crippen LogP contribution is 2.36. The van der Waals surface area contributed by atoms with Crippen LogP contribution < -0.4 is 0 Å². The van der Waals surface area contributed by atoms with E-state index in [2.05, 4.69) is 0 Å². The number of nitrogens with zero attached hydrogens (tertiary/aromatic N) is 3. The molecule has 2 fully saturated rings. The van der Waals surface area contributed by atoms with E-state index in [1.807, 2.05) is 36.1 Å². The molecule has 176 valence electrons. The number of piperazine rings is 1. The van der Waals surface area contributed by atoms with Crippen molar-refractivity contribution in [2.75, 3.05) is 26.2 Å². The Morgan fingerprint density at radius 1 is 1.03 bits per heavy atom. The van der Waals surface area contributed by atoms with Gasteiger partial charge in [-0.2, -0.15) is 4.31 Å². The lowest BCUT2D eigenvalue weighted by atomic mass is 10.1. The van der Waals surface area contributed by atoms with Crippen LogP contribution in [0.25, 0.3) is 0 Å². The molecular formula is C24H28ClN3O4S. The van der Waals surface area contributed by atoms with Crippen molar-refractivity contribution in [1.82, 2.24) is 14.1 Å².